The molecule has 1 atom stereocenters. The van der Waals surface area contributed by atoms with Crippen molar-refractivity contribution in [2.75, 3.05) is 7.05 Å². The molecule has 0 aliphatic carbocycles. The first-order valence-corrected chi connectivity index (χ1v) is 4.15. The molecule has 76 valence electrons. The van der Waals surface area contributed by atoms with Gasteiger partial charge in [-0.2, -0.15) is 0 Å². The Morgan fingerprint density at radius 3 is 2.00 bits per heavy atom. The second-order valence-electron chi connectivity index (χ2n) is 3.24. The molecule has 0 aliphatic heterocycles. The van der Waals surface area contributed by atoms with Crippen LogP contribution >= 0.6 is 0 Å². The molecule has 0 aliphatic rings. The molecule has 0 aromatic heterocycles. The van der Waals surface area contributed by atoms with Crippen LogP contribution in [0, 0.1) is 44.1 Å². The van der Waals surface area contributed by atoms with Crippen LogP contribution in [-0.2, 0) is 0 Å². The molecule has 3 heteroatoms. The van der Waals surface area contributed by atoms with Crippen LogP contribution in [0.5, 0.6) is 0 Å². The van der Waals surface area contributed by atoms with E-state index in [-0.39, 0.29) is 44.1 Å². The van der Waals surface area contributed by atoms with E-state index in [1.807, 2.05) is 27.7 Å². The topological polar surface area (TPSA) is 32.6 Å². The molecule has 0 heterocycles. The van der Waals surface area contributed by atoms with Crippen molar-refractivity contribution in [2.45, 2.75) is 39.7 Å². The van der Waals surface area contributed by atoms with Gasteiger partial charge in [-0.15, -0.1) is 0 Å². The van der Waals surface area contributed by atoms with Crippen LogP contribution in [0.3, 0.4) is 0 Å². The monoisotopic (exact) mass is 321 g/mol. The Balaban J connectivity index is 0. The van der Waals surface area contributed by atoms with Crippen molar-refractivity contribution in [1.29, 1.82) is 0 Å². The third-order valence-corrected chi connectivity index (χ3v) is 2.46. The standard InChI is InChI=1S/C9H19NO.Dy/c1-6-9(11,7(2)3)8(4)10-5;/h7,11H,6H2,1-5H3;. The first-order valence-electron chi connectivity index (χ1n) is 4.15. The van der Waals surface area contributed by atoms with Crippen LogP contribution < -0.4 is 0 Å². The summed E-state index contributed by atoms with van der Waals surface area (Å²) >= 11 is 0. The van der Waals surface area contributed by atoms with Crippen molar-refractivity contribution < 1.29 is 43.3 Å². The van der Waals surface area contributed by atoms with Crippen molar-refractivity contribution in [2.24, 2.45) is 10.9 Å². The Hall–Kier alpha value is 0.903. The average molecular weight is 320 g/mol. The van der Waals surface area contributed by atoms with Gasteiger partial charge >= 0.3 is 0 Å². The summed E-state index contributed by atoms with van der Waals surface area (Å²) < 4.78 is 0. The molecule has 0 bridgehead atoms. The van der Waals surface area contributed by atoms with E-state index in [1.54, 1.807) is 7.05 Å². The van der Waals surface area contributed by atoms with Crippen LogP contribution in [0.25, 0.3) is 0 Å². The number of aliphatic hydroxyl groups is 1. The van der Waals surface area contributed by atoms with Gasteiger partial charge in [-0.25, -0.2) is 0 Å². The van der Waals surface area contributed by atoms with Gasteiger partial charge in [0.2, 0.25) is 0 Å². The largest absolute Gasteiger partial charge is 0.384 e. The predicted molar refractivity (Wildman–Crippen MR) is 49.1 cm³/mol. The van der Waals surface area contributed by atoms with Crippen LogP contribution in [0.4, 0.5) is 0 Å². The van der Waals surface area contributed by atoms with Crippen LogP contribution in [-0.4, -0.2) is 23.5 Å². The van der Waals surface area contributed by atoms with Gasteiger partial charge < -0.3 is 5.11 Å². The second-order valence-corrected chi connectivity index (χ2v) is 3.24. The molecular formula is C9H19DyNO. The van der Waals surface area contributed by atoms with Crippen LogP contribution in [0.1, 0.15) is 34.1 Å². The first kappa shape index (κ1) is 15.4. The Kier molecular flexibility index (Phi) is 8.16. The summed E-state index contributed by atoms with van der Waals surface area (Å²) in [4.78, 5) is 4.02. The van der Waals surface area contributed by atoms with E-state index in [9.17, 15) is 5.11 Å². The minimum atomic E-state index is -0.700. The fourth-order valence-electron chi connectivity index (χ4n) is 1.28. The fourth-order valence-corrected chi connectivity index (χ4v) is 1.28. The van der Waals surface area contributed by atoms with Crippen molar-refractivity contribution >= 4 is 5.71 Å². The molecule has 0 aromatic rings. The molecule has 0 radical (unpaired) electrons. The van der Waals surface area contributed by atoms with Gasteiger partial charge in [0, 0.05) is 50.9 Å². The second kappa shape index (κ2) is 6.37. The number of aliphatic imine (C=N–C) groups is 1. The zero-order chi connectivity index (χ0) is 9.07. The van der Waals surface area contributed by atoms with Gasteiger partial charge in [0.15, 0.2) is 0 Å². The summed E-state index contributed by atoms with van der Waals surface area (Å²) in [6.07, 6.45) is 0.730. The molecule has 0 fully saturated rings. The molecule has 12 heavy (non-hydrogen) atoms. The van der Waals surface area contributed by atoms with Gasteiger partial charge in [0.25, 0.3) is 0 Å². The molecule has 0 aromatic carbocycles. The van der Waals surface area contributed by atoms with Crippen LogP contribution in [0.15, 0.2) is 4.99 Å². The maximum Gasteiger partial charge on any atom is 0.104 e. The molecule has 1 N–H and O–H groups in total. The summed E-state index contributed by atoms with van der Waals surface area (Å²) in [6.45, 7) is 7.88. The molecule has 2 nitrogen and oxygen atoms in total. The maximum absolute atomic E-state index is 10.0. The summed E-state index contributed by atoms with van der Waals surface area (Å²) in [7, 11) is 1.72. The van der Waals surface area contributed by atoms with Gasteiger partial charge in [0.05, 0.1) is 0 Å². The predicted octanol–water partition coefficient (Wildman–Crippen LogP) is 1.87. The first-order chi connectivity index (χ1) is 4.99. The summed E-state index contributed by atoms with van der Waals surface area (Å²) in [5, 5.41) is 10.0. The summed E-state index contributed by atoms with van der Waals surface area (Å²) in [6, 6.07) is 0. The molecule has 0 spiro atoms. The van der Waals surface area contributed by atoms with Crippen molar-refractivity contribution in [3.8, 4) is 0 Å². The van der Waals surface area contributed by atoms with Gasteiger partial charge in [-0.05, 0) is 19.3 Å². The van der Waals surface area contributed by atoms with Crippen molar-refractivity contribution in [3.05, 3.63) is 0 Å². The Morgan fingerprint density at radius 1 is 1.50 bits per heavy atom. The SMILES string of the molecule is CCC(O)(C(C)=NC)C(C)C.[Dy]. The quantitative estimate of drug-likeness (QED) is 0.792. The summed E-state index contributed by atoms with van der Waals surface area (Å²) in [5.74, 6) is 0.233. The average Bonchev–Trinajstić information content (AvgIpc) is 2.01. The number of nitrogens with zero attached hydrogens (tertiary/aromatic N) is 1. The van der Waals surface area contributed by atoms with Gasteiger partial charge in [0.1, 0.15) is 5.60 Å². The Labute approximate surface area is 106 Å². The van der Waals surface area contributed by atoms with E-state index in [0.29, 0.717) is 0 Å². The Bertz CT molecular complexity index is 157. The smallest absolute Gasteiger partial charge is 0.104 e. The number of rotatable bonds is 3. The molecule has 0 rings (SSSR count). The minimum absolute atomic E-state index is 0. The molecule has 0 saturated heterocycles. The normalized spacial score (nSPS) is 17.1. The third kappa shape index (κ3) is 3.34. The minimum Gasteiger partial charge on any atom is -0.384 e. The Morgan fingerprint density at radius 2 is 1.92 bits per heavy atom. The van der Waals surface area contributed by atoms with Gasteiger partial charge in [-0.3, -0.25) is 4.99 Å². The third-order valence-electron chi connectivity index (χ3n) is 2.46. The zero-order valence-electron chi connectivity index (χ0n) is 8.50. The van der Waals surface area contributed by atoms with E-state index in [4.69, 9.17) is 0 Å². The van der Waals surface area contributed by atoms with Crippen LogP contribution in [0.2, 0.25) is 0 Å². The fraction of sp³-hybridized carbons (Fsp3) is 0.889. The van der Waals surface area contributed by atoms with Crippen molar-refractivity contribution in [3.63, 3.8) is 0 Å². The van der Waals surface area contributed by atoms with E-state index in [1.165, 1.54) is 0 Å². The molecular weight excluding hydrogens is 301 g/mol. The van der Waals surface area contributed by atoms with E-state index >= 15 is 0 Å². The molecule has 0 amide bonds. The molecule has 1 unspecified atom stereocenters. The molecule has 0 saturated carbocycles. The number of hydrogen-bond donors (Lipinski definition) is 1. The maximum atomic E-state index is 10.0. The van der Waals surface area contributed by atoms with E-state index in [2.05, 4.69) is 4.99 Å². The van der Waals surface area contributed by atoms with E-state index in [0.717, 1.165) is 12.1 Å². The summed E-state index contributed by atoms with van der Waals surface area (Å²) in [5.41, 5.74) is 0.129. The van der Waals surface area contributed by atoms with E-state index < -0.39 is 5.60 Å². The van der Waals surface area contributed by atoms with Gasteiger partial charge in [-0.1, -0.05) is 20.8 Å². The van der Waals surface area contributed by atoms with Crippen molar-refractivity contribution in [1.82, 2.24) is 0 Å². The zero-order valence-corrected chi connectivity index (χ0v) is 10.5. The number of hydrogen-bond acceptors (Lipinski definition) is 2.